The molecule has 0 aromatic heterocycles. The number of aliphatic hydroxyl groups is 1. The maximum absolute atomic E-state index is 12.6. The molecule has 0 radical (unpaired) electrons. The van der Waals surface area contributed by atoms with Crippen LogP contribution in [0.1, 0.15) is 18.5 Å². The van der Waals surface area contributed by atoms with Gasteiger partial charge in [-0.15, -0.1) is 0 Å². The number of amides is 1. The molecule has 0 spiro atoms. The molecule has 1 N–H and O–H groups in total. The average molecular weight is 237 g/mol. The topological polar surface area (TPSA) is 40.5 Å². The van der Waals surface area contributed by atoms with Crippen LogP contribution in [0.4, 0.5) is 4.39 Å². The number of likely N-dealkylation sites (tertiary alicyclic amines) is 1. The monoisotopic (exact) mass is 237 g/mol. The van der Waals surface area contributed by atoms with E-state index in [9.17, 15) is 14.3 Å². The Labute approximate surface area is 99.9 Å². The largest absolute Gasteiger partial charge is 0.383 e. The summed E-state index contributed by atoms with van der Waals surface area (Å²) in [6, 6.07) is 9.42. The summed E-state index contributed by atoms with van der Waals surface area (Å²) in [6.07, 6.45) is -1.19. The lowest BCUT2D eigenvalue weighted by Crippen LogP contribution is -2.31. The smallest absolute Gasteiger partial charge is 0.252 e. The second-order valence-electron chi connectivity index (χ2n) is 4.44. The first-order valence-corrected chi connectivity index (χ1v) is 5.74. The molecule has 1 fully saturated rings. The number of hydrogen-bond acceptors (Lipinski definition) is 2. The number of halogens is 1. The summed E-state index contributed by atoms with van der Waals surface area (Å²) < 4.78 is 12.6. The fourth-order valence-corrected chi connectivity index (χ4v) is 2.21. The lowest BCUT2D eigenvalue weighted by atomic mass is 10.1. The summed E-state index contributed by atoms with van der Waals surface area (Å²) in [4.78, 5) is 13.3. The maximum Gasteiger partial charge on any atom is 0.252 e. The predicted molar refractivity (Wildman–Crippen MR) is 62.0 cm³/mol. The zero-order chi connectivity index (χ0) is 12.4. The molecule has 0 aliphatic carbocycles. The molecular formula is C13H16FNO2. The third kappa shape index (κ3) is 2.17. The van der Waals surface area contributed by atoms with Crippen molar-refractivity contribution in [1.29, 1.82) is 0 Å². The standard InChI is InChI=1S/C13H16FNO2/c1-9(10-5-3-2-4-6-10)15-8-11(7-14)12(16)13(15)17/h2-6,9,11-12,16H,7-8H2,1H3. The SMILES string of the molecule is CC(c1ccccc1)N1CC(CF)C(O)C1=O. The normalized spacial score (nSPS) is 26.3. The summed E-state index contributed by atoms with van der Waals surface area (Å²) in [5, 5.41) is 9.59. The van der Waals surface area contributed by atoms with E-state index in [-0.39, 0.29) is 18.5 Å². The Morgan fingerprint density at radius 2 is 2.12 bits per heavy atom. The molecule has 0 saturated carbocycles. The number of nitrogens with zero attached hydrogens (tertiary/aromatic N) is 1. The van der Waals surface area contributed by atoms with Crippen LogP contribution in [0, 0.1) is 5.92 Å². The van der Waals surface area contributed by atoms with E-state index < -0.39 is 18.7 Å². The van der Waals surface area contributed by atoms with Gasteiger partial charge in [0.05, 0.1) is 12.7 Å². The van der Waals surface area contributed by atoms with Crippen molar-refractivity contribution in [1.82, 2.24) is 4.90 Å². The van der Waals surface area contributed by atoms with Crippen molar-refractivity contribution in [2.24, 2.45) is 5.92 Å². The molecule has 4 heteroatoms. The van der Waals surface area contributed by atoms with E-state index in [2.05, 4.69) is 0 Å². The van der Waals surface area contributed by atoms with Crippen LogP contribution in [0.15, 0.2) is 30.3 Å². The van der Waals surface area contributed by atoms with Crippen LogP contribution in [0.5, 0.6) is 0 Å². The molecule has 1 saturated heterocycles. The van der Waals surface area contributed by atoms with Crippen LogP contribution in [0.3, 0.4) is 0 Å². The van der Waals surface area contributed by atoms with E-state index in [1.807, 2.05) is 37.3 Å². The van der Waals surface area contributed by atoms with Crippen molar-refractivity contribution in [2.75, 3.05) is 13.2 Å². The predicted octanol–water partition coefficient (Wildman–Crippen LogP) is 1.54. The Bertz CT molecular complexity index is 396. The highest BCUT2D eigenvalue weighted by Crippen LogP contribution is 2.28. The summed E-state index contributed by atoms with van der Waals surface area (Å²) in [5.74, 6) is -0.960. The number of benzene rings is 1. The third-order valence-corrected chi connectivity index (χ3v) is 3.36. The summed E-state index contributed by atoms with van der Waals surface area (Å²) in [7, 11) is 0. The second-order valence-corrected chi connectivity index (χ2v) is 4.44. The second kappa shape index (κ2) is 4.84. The van der Waals surface area contributed by atoms with E-state index in [0.717, 1.165) is 5.56 Å². The minimum Gasteiger partial charge on any atom is -0.383 e. The van der Waals surface area contributed by atoms with Crippen molar-refractivity contribution in [3.8, 4) is 0 Å². The van der Waals surface area contributed by atoms with Gasteiger partial charge in [0.1, 0.15) is 6.10 Å². The zero-order valence-corrected chi connectivity index (χ0v) is 9.71. The number of aliphatic hydroxyl groups excluding tert-OH is 1. The summed E-state index contributed by atoms with van der Waals surface area (Å²) in [5.41, 5.74) is 0.993. The van der Waals surface area contributed by atoms with Gasteiger partial charge in [-0.1, -0.05) is 30.3 Å². The number of carbonyl (C=O) groups is 1. The molecule has 1 aromatic carbocycles. The zero-order valence-electron chi connectivity index (χ0n) is 9.71. The van der Waals surface area contributed by atoms with E-state index in [1.54, 1.807) is 4.90 Å². The lowest BCUT2D eigenvalue weighted by Gasteiger charge is -2.24. The van der Waals surface area contributed by atoms with Gasteiger partial charge in [-0.05, 0) is 12.5 Å². The van der Waals surface area contributed by atoms with Gasteiger partial charge in [0.15, 0.2) is 0 Å². The van der Waals surface area contributed by atoms with Gasteiger partial charge in [0.2, 0.25) is 0 Å². The molecule has 17 heavy (non-hydrogen) atoms. The van der Waals surface area contributed by atoms with Gasteiger partial charge in [-0.25, -0.2) is 0 Å². The highest BCUT2D eigenvalue weighted by Gasteiger charge is 2.41. The van der Waals surface area contributed by atoms with Crippen LogP contribution in [-0.4, -0.2) is 35.2 Å². The highest BCUT2D eigenvalue weighted by atomic mass is 19.1. The van der Waals surface area contributed by atoms with Gasteiger partial charge in [0.25, 0.3) is 5.91 Å². The van der Waals surface area contributed by atoms with E-state index in [4.69, 9.17) is 0 Å². The molecule has 3 atom stereocenters. The van der Waals surface area contributed by atoms with Crippen LogP contribution >= 0.6 is 0 Å². The van der Waals surface area contributed by atoms with Crippen molar-refractivity contribution in [3.63, 3.8) is 0 Å². The van der Waals surface area contributed by atoms with Crippen LogP contribution in [-0.2, 0) is 4.79 Å². The average Bonchev–Trinajstić information content (AvgIpc) is 2.66. The van der Waals surface area contributed by atoms with Gasteiger partial charge in [-0.3, -0.25) is 9.18 Å². The first-order valence-electron chi connectivity index (χ1n) is 5.74. The fourth-order valence-electron chi connectivity index (χ4n) is 2.21. The Morgan fingerprint density at radius 1 is 1.47 bits per heavy atom. The van der Waals surface area contributed by atoms with Gasteiger partial charge in [0, 0.05) is 12.5 Å². The molecule has 1 aliphatic rings. The Morgan fingerprint density at radius 3 is 2.65 bits per heavy atom. The summed E-state index contributed by atoms with van der Waals surface area (Å²) >= 11 is 0. The van der Waals surface area contributed by atoms with Gasteiger partial charge < -0.3 is 10.0 Å². The first kappa shape index (κ1) is 12.0. The maximum atomic E-state index is 12.6. The van der Waals surface area contributed by atoms with Crippen LogP contribution in [0.25, 0.3) is 0 Å². The van der Waals surface area contributed by atoms with Crippen molar-refractivity contribution in [3.05, 3.63) is 35.9 Å². The number of hydrogen-bond donors (Lipinski definition) is 1. The summed E-state index contributed by atoms with van der Waals surface area (Å²) in [6.45, 7) is 1.51. The third-order valence-electron chi connectivity index (χ3n) is 3.36. The van der Waals surface area contributed by atoms with Crippen molar-refractivity contribution >= 4 is 5.91 Å². The van der Waals surface area contributed by atoms with E-state index in [0.29, 0.717) is 0 Å². The quantitative estimate of drug-likeness (QED) is 0.866. The van der Waals surface area contributed by atoms with Gasteiger partial charge >= 0.3 is 0 Å². The number of rotatable bonds is 3. The highest BCUT2D eigenvalue weighted by molar-refractivity contribution is 5.83. The van der Waals surface area contributed by atoms with Crippen LogP contribution in [0.2, 0.25) is 0 Å². The molecule has 3 unspecified atom stereocenters. The minimum absolute atomic E-state index is 0.130. The van der Waals surface area contributed by atoms with Crippen molar-refractivity contribution < 1.29 is 14.3 Å². The molecule has 2 rings (SSSR count). The molecule has 1 heterocycles. The molecular weight excluding hydrogens is 221 g/mol. The Hall–Kier alpha value is -1.42. The van der Waals surface area contributed by atoms with Crippen molar-refractivity contribution in [2.45, 2.75) is 19.1 Å². The molecule has 92 valence electrons. The Balaban J connectivity index is 2.16. The molecule has 1 aromatic rings. The van der Waals surface area contributed by atoms with E-state index in [1.165, 1.54) is 0 Å². The minimum atomic E-state index is -1.19. The van der Waals surface area contributed by atoms with Gasteiger partial charge in [-0.2, -0.15) is 0 Å². The number of alkyl halides is 1. The number of carbonyl (C=O) groups excluding carboxylic acids is 1. The Kier molecular flexibility index (Phi) is 3.43. The fraction of sp³-hybridized carbons (Fsp3) is 0.462. The molecule has 1 aliphatic heterocycles. The van der Waals surface area contributed by atoms with Crippen LogP contribution < -0.4 is 0 Å². The van der Waals surface area contributed by atoms with E-state index >= 15 is 0 Å². The lowest BCUT2D eigenvalue weighted by molar-refractivity contribution is -0.136. The first-order chi connectivity index (χ1) is 8.15. The molecule has 1 amide bonds. The molecule has 3 nitrogen and oxygen atoms in total. The molecule has 0 bridgehead atoms.